The molecule has 1 saturated heterocycles. The molecule has 2 aromatic carbocycles. The molecule has 1 unspecified atom stereocenters. The molecule has 1 fully saturated rings. The van der Waals surface area contributed by atoms with Crippen LogP contribution in [0.3, 0.4) is 0 Å². The van der Waals surface area contributed by atoms with E-state index in [-0.39, 0.29) is 49.1 Å². The summed E-state index contributed by atoms with van der Waals surface area (Å²) in [6, 6.07) is 16.4. The SMILES string of the molecule is CCCC(CCO)NCc1cnc2cc(-c3cccc(-c4cccc(-c5cc(Cl)c(CN(C[C@@H]6CCC(=O)N6)C(=O)OC(C)(C)C)c(OC)n5)c4Cl)c3Cl)ccn2c1=O. The summed E-state index contributed by atoms with van der Waals surface area (Å²) in [6.45, 7) is 8.12. The number of carbonyl (C=O) groups excluding carboxylic acids is 2. The van der Waals surface area contributed by atoms with Gasteiger partial charge in [0.15, 0.2) is 0 Å². The van der Waals surface area contributed by atoms with E-state index in [1.54, 1.807) is 39.2 Å². The monoisotopic (exact) mass is 862 g/mol. The summed E-state index contributed by atoms with van der Waals surface area (Å²) >= 11 is 21.3. The lowest BCUT2D eigenvalue weighted by Gasteiger charge is -2.29. The van der Waals surface area contributed by atoms with E-state index in [2.05, 4.69) is 22.5 Å². The number of aliphatic hydroxyl groups excluding tert-OH is 1. The number of pyridine rings is 2. The molecule has 6 rings (SSSR count). The summed E-state index contributed by atoms with van der Waals surface area (Å²) < 4.78 is 13.0. The number of halogens is 3. The zero-order valence-electron chi connectivity index (χ0n) is 33.8. The Kier molecular flexibility index (Phi) is 14.2. The van der Waals surface area contributed by atoms with Crippen LogP contribution >= 0.6 is 34.8 Å². The van der Waals surface area contributed by atoms with Crippen molar-refractivity contribution in [2.45, 2.75) is 90.6 Å². The third kappa shape index (κ3) is 10.4. The number of carbonyl (C=O) groups is 2. The number of ether oxygens (including phenoxy) is 2. The minimum absolute atomic E-state index is 0.0228. The van der Waals surface area contributed by atoms with Crippen LogP contribution in [0.4, 0.5) is 4.79 Å². The van der Waals surface area contributed by atoms with Gasteiger partial charge in [0, 0.05) is 72.8 Å². The molecule has 15 heteroatoms. The van der Waals surface area contributed by atoms with Crippen molar-refractivity contribution in [3.05, 3.63) is 104 Å². The molecule has 2 atom stereocenters. The molecule has 0 aliphatic carbocycles. The van der Waals surface area contributed by atoms with Gasteiger partial charge in [-0.1, -0.05) is 84.5 Å². The normalized spacial score (nSPS) is 14.7. The molecule has 4 heterocycles. The standard InChI is InChI=1S/C44H49Cl3N6O6/c1-6-9-28(17-19-54)48-22-27-23-49-37-20-26(16-18-53(37)42(27)56)30-10-7-11-31(39(30)46)32-12-8-13-33(40(32)47)36-21-35(45)34(41(51-36)58-5)25-52(43(57)59-44(2,3)4)24-29-14-15-38(55)50-29/h7-8,10-13,16,18,20-21,23,28-29,48,54H,6,9,14-15,17,19,22,24-25H2,1-5H3,(H,50,55)/t28?,29-/m0/s1. The van der Waals surface area contributed by atoms with Crippen molar-refractivity contribution in [3.8, 4) is 39.4 Å². The largest absolute Gasteiger partial charge is 0.481 e. The minimum atomic E-state index is -0.746. The molecule has 3 N–H and O–H groups in total. The van der Waals surface area contributed by atoms with Crippen LogP contribution in [0, 0.1) is 0 Å². The molecule has 0 saturated carbocycles. The fraction of sp³-hybridized carbons (Fsp3) is 0.386. The van der Waals surface area contributed by atoms with Crippen molar-refractivity contribution in [2.75, 3.05) is 20.3 Å². The first-order valence-corrected chi connectivity index (χ1v) is 20.8. The molecule has 0 radical (unpaired) electrons. The number of amides is 2. The molecule has 0 spiro atoms. The maximum atomic E-state index is 13.4. The van der Waals surface area contributed by atoms with E-state index in [1.807, 2.05) is 48.5 Å². The summed E-state index contributed by atoms with van der Waals surface area (Å²) in [6.07, 6.45) is 6.20. The average Bonchev–Trinajstić information content (AvgIpc) is 3.61. The number of hydrogen-bond donors (Lipinski definition) is 3. The number of fused-ring (bicyclic) bond motifs is 1. The highest BCUT2D eigenvalue weighted by atomic mass is 35.5. The van der Waals surface area contributed by atoms with Gasteiger partial charge in [0.25, 0.3) is 5.56 Å². The molecule has 3 aromatic heterocycles. The molecule has 12 nitrogen and oxygen atoms in total. The Morgan fingerprint density at radius 2 is 1.73 bits per heavy atom. The highest BCUT2D eigenvalue weighted by Crippen LogP contribution is 2.43. The molecule has 1 aliphatic heterocycles. The highest BCUT2D eigenvalue weighted by Gasteiger charge is 2.30. The summed E-state index contributed by atoms with van der Waals surface area (Å²) in [7, 11) is 1.47. The van der Waals surface area contributed by atoms with Crippen molar-refractivity contribution in [1.29, 1.82) is 0 Å². The number of rotatable bonds is 15. The Balaban J connectivity index is 1.29. The maximum Gasteiger partial charge on any atom is 0.410 e. The third-order valence-electron chi connectivity index (χ3n) is 10.1. The van der Waals surface area contributed by atoms with E-state index in [1.165, 1.54) is 16.4 Å². The second kappa shape index (κ2) is 19.1. The molecule has 5 aromatic rings. The maximum absolute atomic E-state index is 13.4. The lowest BCUT2D eigenvalue weighted by molar-refractivity contribution is -0.119. The van der Waals surface area contributed by atoms with Gasteiger partial charge in [0.05, 0.1) is 45.5 Å². The zero-order valence-corrected chi connectivity index (χ0v) is 36.0. The quantitative estimate of drug-likeness (QED) is 0.0941. The fourth-order valence-corrected chi connectivity index (χ4v) is 8.08. The Morgan fingerprint density at radius 3 is 2.37 bits per heavy atom. The van der Waals surface area contributed by atoms with Crippen LogP contribution in [-0.2, 0) is 22.6 Å². The molecular formula is C44H49Cl3N6O6. The van der Waals surface area contributed by atoms with Gasteiger partial charge >= 0.3 is 6.09 Å². The van der Waals surface area contributed by atoms with Crippen LogP contribution in [0.2, 0.25) is 15.1 Å². The first-order chi connectivity index (χ1) is 28.2. The third-order valence-corrected chi connectivity index (χ3v) is 11.3. The van der Waals surface area contributed by atoms with Crippen LogP contribution in [0.15, 0.2) is 71.8 Å². The van der Waals surface area contributed by atoms with Gasteiger partial charge in [-0.25, -0.2) is 14.8 Å². The van der Waals surface area contributed by atoms with Gasteiger partial charge in [-0.15, -0.1) is 0 Å². The first-order valence-electron chi connectivity index (χ1n) is 19.6. The number of nitrogens with one attached hydrogen (secondary N) is 2. The second-order valence-corrected chi connectivity index (χ2v) is 16.7. The average molecular weight is 864 g/mol. The Labute approximate surface area is 358 Å². The van der Waals surface area contributed by atoms with Crippen molar-refractivity contribution < 1.29 is 24.2 Å². The zero-order chi connectivity index (χ0) is 42.4. The molecule has 0 bridgehead atoms. The van der Waals surface area contributed by atoms with E-state index < -0.39 is 11.7 Å². The Morgan fingerprint density at radius 1 is 1.03 bits per heavy atom. The number of nitrogens with zero attached hydrogens (tertiary/aromatic N) is 4. The van der Waals surface area contributed by atoms with Gasteiger partial charge in [0.1, 0.15) is 11.2 Å². The topological polar surface area (TPSA) is 147 Å². The molecular weight excluding hydrogens is 815 g/mol. The van der Waals surface area contributed by atoms with Gasteiger partial charge < -0.3 is 30.1 Å². The van der Waals surface area contributed by atoms with Crippen molar-refractivity contribution >= 4 is 52.5 Å². The van der Waals surface area contributed by atoms with Gasteiger partial charge in [0.2, 0.25) is 11.8 Å². The predicted molar refractivity (Wildman–Crippen MR) is 232 cm³/mol. The van der Waals surface area contributed by atoms with E-state index in [9.17, 15) is 19.5 Å². The molecule has 312 valence electrons. The highest BCUT2D eigenvalue weighted by molar-refractivity contribution is 6.39. The minimum Gasteiger partial charge on any atom is -0.481 e. The van der Waals surface area contributed by atoms with Crippen LogP contribution in [0.25, 0.3) is 39.2 Å². The Bertz CT molecular complexity index is 2390. The Hall–Kier alpha value is -4.72. The second-order valence-electron chi connectivity index (χ2n) is 15.6. The number of aliphatic hydroxyl groups is 1. The molecule has 59 heavy (non-hydrogen) atoms. The number of hydrogen-bond acceptors (Lipinski definition) is 9. The lowest BCUT2D eigenvalue weighted by atomic mass is 9.97. The van der Waals surface area contributed by atoms with E-state index in [0.717, 1.165) is 24.0 Å². The van der Waals surface area contributed by atoms with Gasteiger partial charge in [-0.2, -0.15) is 0 Å². The van der Waals surface area contributed by atoms with E-state index in [0.29, 0.717) is 80.0 Å². The van der Waals surface area contributed by atoms with Crippen LogP contribution in [0.1, 0.15) is 70.9 Å². The summed E-state index contributed by atoms with van der Waals surface area (Å²) in [5.41, 5.74) is 4.38. The van der Waals surface area contributed by atoms with Gasteiger partial charge in [-0.3, -0.25) is 14.0 Å². The van der Waals surface area contributed by atoms with Crippen molar-refractivity contribution in [1.82, 2.24) is 29.9 Å². The van der Waals surface area contributed by atoms with Crippen LogP contribution < -0.4 is 20.9 Å². The first kappa shape index (κ1) is 43.8. The lowest BCUT2D eigenvalue weighted by Crippen LogP contribution is -2.43. The van der Waals surface area contributed by atoms with Crippen LogP contribution in [-0.4, -0.2) is 74.3 Å². The van der Waals surface area contributed by atoms with Crippen molar-refractivity contribution in [3.63, 3.8) is 0 Å². The van der Waals surface area contributed by atoms with Crippen molar-refractivity contribution in [2.24, 2.45) is 0 Å². The fourth-order valence-electron chi connectivity index (χ4n) is 7.18. The number of benzene rings is 2. The van der Waals surface area contributed by atoms with E-state index in [4.69, 9.17) is 49.3 Å². The van der Waals surface area contributed by atoms with Crippen LogP contribution in [0.5, 0.6) is 5.88 Å². The van der Waals surface area contributed by atoms with Gasteiger partial charge in [-0.05, 0) is 63.8 Å². The summed E-state index contributed by atoms with van der Waals surface area (Å²) in [5.74, 6) is 0.138. The predicted octanol–water partition coefficient (Wildman–Crippen LogP) is 8.72. The number of aromatic nitrogens is 3. The molecule has 1 aliphatic rings. The summed E-state index contributed by atoms with van der Waals surface area (Å²) in [4.78, 5) is 49.6. The summed E-state index contributed by atoms with van der Waals surface area (Å²) in [5, 5.41) is 16.8. The number of methoxy groups -OCH3 is 1. The molecule has 2 amide bonds. The smallest absolute Gasteiger partial charge is 0.410 e. The van der Waals surface area contributed by atoms with E-state index >= 15 is 0 Å².